The Balaban J connectivity index is 2.32. The van der Waals surface area contributed by atoms with Gasteiger partial charge < -0.3 is 9.80 Å². The van der Waals surface area contributed by atoms with Crippen LogP contribution in [0.5, 0.6) is 0 Å². The number of hydrogen-bond donors (Lipinski definition) is 0. The first-order valence-corrected chi connectivity index (χ1v) is 4.69. The molecule has 0 N–H and O–H groups in total. The van der Waals surface area contributed by atoms with Crippen LogP contribution in [0.4, 0.5) is 0 Å². The van der Waals surface area contributed by atoms with E-state index in [0.717, 1.165) is 19.6 Å². The molecule has 1 aliphatic rings. The Morgan fingerprint density at radius 1 is 1.77 bits per heavy atom. The van der Waals surface area contributed by atoms with Crippen LogP contribution < -0.4 is 0 Å². The minimum Gasteiger partial charge on any atom is -0.342 e. The van der Waals surface area contributed by atoms with E-state index in [-0.39, 0.29) is 5.91 Å². The van der Waals surface area contributed by atoms with Gasteiger partial charge in [0.2, 0.25) is 5.91 Å². The number of amides is 1. The molecule has 0 aromatic rings. The van der Waals surface area contributed by atoms with Gasteiger partial charge in [-0.25, -0.2) is 0 Å². The Morgan fingerprint density at radius 2 is 2.46 bits per heavy atom. The molecule has 3 heteroatoms. The minimum absolute atomic E-state index is 0.0227. The minimum atomic E-state index is 0.0227. The quantitative estimate of drug-likeness (QED) is 0.596. The smallest absolute Gasteiger partial charge is 0.245 e. The summed E-state index contributed by atoms with van der Waals surface area (Å²) in [7, 11) is 3.96. The van der Waals surface area contributed by atoms with Gasteiger partial charge in [0.1, 0.15) is 0 Å². The molecule has 1 aliphatic heterocycles. The number of likely N-dealkylation sites (tertiary alicyclic amines) is 1. The molecule has 1 atom stereocenters. The van der Waals surface area contributed by atoms with Crippen LogP contribution in [0.25, 0.3) is 0 Å². The molecule has 0 bridgehead atoms. The highest BCUT2D eigenvalue weighted by Crippen LogP contribution is 2.14. The number of rotatable bonds is 3. The second-order valence-corrected chi connectivity index (χ2v) is 3.84. The second-order valence-electron chi connectivity index (χ2n) is 3.84. The van der Waals surface area contributed by atoms with Crippen molar-refractivity contribution in [3.63, 3.8) is 0 Å². The van der Waals surface area contributed by atoms with Gasteiger partial charge >= 0.3 is 0 Å². The van der Waals surface area contributed by atoms with Crippen LogP contribution in [0.2, 0.25) is 0 Å². The van der Waals surface area contributed by atoms with Crippen molar-refractivity contribution in [2.24, 2.45) is 5.92 Å². The zero-order valence-corrected chi connectivity index (χ0v) is 8.49. The zero-order valence-electron chi connectivity index (χ0n) is 8.49. The topological polar surface area (TPSA) is 23.6 Å². The third-order valence-electron chi connectivity index (χ3n) is 2.57. The van der Waals surface area contributed by atoms with Gasteiger partial charge in [-0.05, 0) is 32.0 Å². The van der Waals surface area contributed by atoms with E-state index in [1.165, 1.54) is 12.5 Å². The molecule has 3 nitrogen and oxygen atoms in total. The van der Waals surface area contributed by atoms with Crippen LogP contribution in [0.15, 0.2) is 12.7 Å². The summed E-state index contributed by atoms with van der Waals surface area (Å²) in [6.07, 6.45) is 2.57. The van der Waals surface area contributed by atoms with E-state index in [2.05, 4.69) is 18.5 Å². The number of carbonyl (C=O) groups is 1. The SMILES string of the molecule is C=CC(=O)N(C)CC1CCN(C)C1. The lowest BCUT2D eigenvalue weighted by Crippen LogP contribution is -2.31. The third kappa shape index (κ3) is 2.84. The van der Waals surface area contributed by atoms with Gasteiger partial charge in [0, 0.05) is 20.1 Å². The van der Waals surface area contributed by atoms with Gasteiger partial charge in [-0.2, -0.15) is 0 Å². The van der Waals surface area contributed by atoms with Crippen molar-refractivity contribution < 1.29 is 4.79 Å². The summed E-state index contributed by atoms with van der Waals surface area (Å²) < 4.78 is 0. The molecule has 0 aromatic heterocycles. The molecule has 74 valence electrons. The summed E-state index contributed by atoms with van der Waals surface area (Å²) in [6, 6.07) is 0. The van der Waals surface area contributed by atoms with E-state index >= 15 is 0 Å². The van der Waals surface area contributed by atoms with E-state index in [4.69, 9.17) is 0 Å². The largest absolute Gasteiger partial charge is 0.342 e. The van der Waals surface area contributed by atoms with Gasteiger partial charge in [0.05, 0.1) is 0 Å². The number of nitrogens with zero attached hydrogens (tertiary/aromatic N) is 2. The maximum atomic E-state index is 11.2. The Labute approximate surface area is 80.0 Å². The standard InChI is InChI=1S/C10H18N2O/c1-4-10(13)12(3)8-9-5-6-11(2)7-9/h4,9H,1,5-8H2,2-3H3. The Morgan fingerprint density at radius 3 is 2.92 bits per heavy atom. The number of likely N-dealkylation sites (N-methyl/N-ethyl adjacent to an activating group) is 1. The molecule has 1 unspecified atom stereocenters. The molecule has 1 heterocycles. The molecule has 0 aliphatic carbocycles. The third-order valence-corrected chi connectivity index (χ3v) is 2.57. The maximum absolute atomic E-state index is 11.2. The molecular weight excluding hydrogens is 164 g/mol. The summed E-state index contributed by atoms with van der Waals surface area (Å²) >= 11 is 0. The Hall–Kier alpha value is -0.830. The highest BCUT2D eigenvalue weighted by molar-refractivity contribution is 5.86. The molecule has 0 saturated carbocycles. The summed E-state index contributed by atoms with van der Waals surface area (Å²) in [5, 5.41) is 0. The van der Waals surface area contributed by atoms with Crippen molar-refractivity contribution in [3.05, 3.63) is 12.7 Å². The van der Waals surface area contributed by atoms with E-state index < -0.39 is 0 Å². The monoisotopic (exact) mass is 182 g/mol. The average Bonchev–Trinajstić information content (AvgIpc) is 2.49. The first-order chi connectivity index (χ1) is 6.13. The zero-order chi connectivity index (χ0) is 9.84. The summed E-state index contributed by atoms with van der Waals surface area (Å²) in [4.78, 5) is 15.2. The van der Waals surface area contributed by atoms with Gasteiger partial charge in [-0.1, -0.05) is 6.58 Å². The van der Waals surface area contributed by atoms with Crippen LogP contribution in [0.3, 0.4) is 0 Å². The van der Waals surface area contributed by atoms with E-state index in [1.54, 1.807) is 4.90 Å². The molecule has 0 radical (unpaired) electrons. The molecule has 13 heavy (non-hydrogen) atoms. The molecule has 0 aromatic carbocycles. The lowest BCUT2D eigenvalue weighted by atomic mass is 10.1. The predicted octanol–water partition coefficient (Wildman–Crippen LogP) is 0.583. The first kappa shape index (κ1) is 10.3. The lowest BCUT2D eigenvalue weighted by Gasteiger charge is -2.19. The van der Waals surface area contributed by atoms with Crippen molar-refractivity contribution >= 4 is 5.91 Å². The van der Waals surface area contributed by atoms with Gasteiger partial charge in [0.25, 0.3) is 0 Å². The molecular formula is C10H18N2O. The molecule has 0 spiro atoms. The highest BCUT2D eigenvalue weighted by atomic mass is 16.2. The second kappa shape index (κ2) is 4.42. The fourth-order valence-corrected chi connectivity index (χ4v) is 1.81. The summed E-state index contributed by atoms with van der Waals surface area (Å²) in [5.74, 6) is 0.661. The van der Waals surface area contributed by atoms with Crippen molar-refractivity contribution in [2.45, 2.75) is 6.42 Å². The summed E-state index contributed by atoms with van der Waals surface area (Å²) in [5.41, 5.74) is 0. The van der Waals surface area contributed by atoms with Crippen LogP contribution in [-0.2, 0) is 4.79 Å². The maximum Gasteiger partial charge on any atom is 0.245 e. The van der Waals surface area contributed by atoms with Crippen LogP contribution in [0, 0.1) is 5.92 Å². The fourth-order valence-electron chi connectivity index (χ4n) is 1.81. The fraction of sp³-hybridized carbons (Fsp3) is 0.700. The average molecular weight is 182 g/mol. The van der Waals surface area contributed by atoms with Crippen LogP contribution in [0.1, 0.15) is 6.42 Å². The van der Waals surface area contributed by atoms with Gasteiger partial charge in [0.15, 0.2) is 0 Å². The van der Waals surface area contributed by atoms with E-state index in [1.807, 2.05) is 7.05 Å². The van der Waals surface area contributed by atoms with E-state index in [0.29, 0.717) is 5.92 Å². The molecule has 1 saturated heterocycles. The predicted molar refractivity (Wildman–Crippen MR) is 53.4 cm³/mol. The van der Waals surface area contributed by atoms with Gasteiger partial charge in [-0.15, -0.1) is 0 Å². The van der Waals surface area contributed by atoms with Crippen molar-refractivity contribution in [1.82, 2.24) is 9.80 Å². The van der Waals surface area contributed by atoms with Crippen molar-refractivity contribution in [3.8, 4) is 0 Å². The summed E-state index contributed by atoms with van der Waals surface area (Å²) in [6.45, 7) is 6.59. The van der Waals surface area contributed by atoms with Crippen LogP contribution >= 0.6 is 0 Å². The van der Waals surface area contributed by atoms with Crippen molar-refractivity contribution in [2.75, 3.05) is 33.7 Å². The number of hydrogen-bond acceptors (Lipinski definition) is 2. The van der Waals surface area contributed by atoms with Crippen LogP contribution in [-0.4, -0.2) is 49.4 Å². The van der Waals surface area contributed by atoms with E-state index in [9.17, 15) is 4.79 Å². The van der Waals surface area contributed by atoms with Gasteiger partial charge in [-0.3, -0.25) is 4.79 Å². The Bertz CT molecular complexity index is 203. The van der Waals surface area contributed by atoms with Crippen molar-refractivity contribution in [1.29, 1.82) is 0 Å². The lowest BCUT2D eigenvalue weighted by molar-refractivity contribution is -0.125. The Kier molecular flexibility index (Phi) is 3.48. The normalized spacial score (nSPS) is 23.1. The molecule has 1 rings (SSSR count). The number of carbonyl (C=O) groups excluding carboxylic acids is 1. The molecule has 1 fully saturated rings. The highest BCUT2D eigenvalue weighted by Gasteiger charge is 2.21. The molecule has 1 amide bonds. The first-order valence-electron chi connectivity index (χ1n) is 4.69.